The first-order chi connectivity index (χ1) is 7.47. The van der Waals surface area contributed by atoms with Crippen LogP contribution in [0.2, 0.25) is 0 Å². The van der Waals surface area contributed by atoms with Gasteiger partial charge in [0.05, 0.1) is 31.4 Å². The summed E-state index contributed by atoms with van der Waals surface area (Å²) >= 11 is 0. The maximum absolute atomic E-state index is 11.1. The molecule has 0 radical (unpaired) electrons. The molecule has 0 unspecified atom stereocenters. The Hall–Kier alpha value is -0.890. The molecule has 1 aliphatic rings. The van der Waals surface area contributed by atoms with Gasteiger partial charge in [-0.15, -0.1) is 0 Å². The summed E-state index contributed by atoms with van der Waals surface area (Å²) < 4.78 is 4.57. The number of aliphatic hydroxyl groups excluding tert-OH is 2. The molecule has 1 aliphatic heterocycles. The molecular weight excluding hydrogens is 216 g/mol. The lowest BCUT2D eigenvalue weighted by Gasteiger charge is -2.21. The van der Waals surface area contributed by atoms with Gasteiger partial charge in [-0.3, -0.25) is 5.21 Å². The summed E-state index contributed by atoms with van der Waals surface area (Å²) in [6.07, 6.45) is -2.79. The van der Waals surface area contributed by atoms with E-state index >= 15 is 0 Å². The maximum atomic E-state index is 11.1. The normalized spacial score (nSPS) is 33.8. The van der Waals surface area contributed by atoms with E-state index in [1.54, 1.807) is 13.8 Å². The second-order valence-electron chi connectivity index (χ2n) is 3.82. The first-order valence-electron chi connectivity index (χ1n) is 5.22. The van der Waals surface area contributed by atoms with Gasteiger partial charge in [-0.1, -0.05) is 0 Å². The molecule has 1 heterocycles. The Morgan fingerprint density at radius 2 is 2.06 bits per heavy atom. The number of hydrogen-bond donors (Lipinski definition) is 4. The van der Waals surface area contributed by atoms with Crippen LogP contribution in [-0.2, 0) is 4.74 Å². The monoisotopic (exact) mass is 234 g/mol. The standard InChI is InChI=1S/C9H18N2O5/c1-3-16-9(14)11(15)4-6-8(13)7(12)5(2)10-6/h5-8,10,12-13,15H,3-4H2,1-2H3/t5-,6+,7+,8+/m0/s1. The highest BCUT2D eigenvalue weighted by atomic mass is 16.6. The molecule has 0 bridgehead atoms. The van der Waals surface area contributed by atoms with Gasteiger partial charge in [0.1, 0.15) is 0 Å². The van der Waals surface area contributed by atoms with E-state index in [4.69, 9.17) is 0 Å². The van der Waals surface area contributed by atoms with Crippen LogP contribution in [0.4, 0.5) is 4.79 Å². The average molecular weight is 234 g/mol. The largest absolute Gasteiger partial charge is 0.448 e. The number of nitrogens with zero attached hydrogens (tertiary/aromatic N) is 1. The van der Waals surface area contributed by atoms with Crippen LogP contribution >= 0.6 is 0 Å². The number of aliphatic hydroxyl groups is 2. The minimum Gasteiger partial charge on any atom is -0.448 e. The molecule has 1 amide bonds. The van der Waals surface area contributed by atoms with Crippen molar-refractivity contribution in [3.8, 4) is 0 Å². The summed E-state index contributed by atoms with van der Waals surface area (Å²) in [5, 5.41) is 31.6. The zero-order valence-electron chi connectivity index (χ0n) is 9.33. The quantitative estimate of drug-likeness (QED) is 0.366. The van der Waals surface area contributed by atoms with E-state index < -0.39 is 24.3 Å². The first-order valence-corrected chi connectivity index (χ1v) is 5.22. The van der Waals surface area contributed by atoms with E-state index in [0.29, 0.717) is 5.06 Å². The van der Waals surface area contributed by atoms with Crippen molar-refractivity contribution in [3.63, 3.8) is 0 Å². The molecule has 7 nitrogen and oxygen atoms in total. The van der Waals surface area contributed by atoms with Crippen LogP contribution in [-0.4, -0.2) is 64.0 Å². The Morgan fingerprint density at radius 1 is 1.44 bits per heavy atom. The lowest BCUT2D eigenvalue weighted by Crippen LogP contribution is -2.45. The lowest BCUT2D eigenvalue weighted by atomic mass is 10.1. The van der Waals surface area contributed by atoms with Gasteiger partial charge in [-0.2, -0.15) is 5.06 Å². The van der Waals surface area contributed by atoms with Crippen molar-refractivity contribution in [1.82, 2.24) is 10.4 Å². The van der Waals surface area contributed by atoms with Crippen LogP contribution in [0.15, 0.2) is 0 Å². The number of hydroxylamine groups is 2. The summed E-state index contributed by atoms with van der Waals surface area (Å²) in [6.45, 7) is 3.36. The smallest absolute Gasteiger partial charge is 0.433 e. The molecule has 4 N–H and O–H groups in total. The highest BCUT2D eigenvalue weighted by Crippen LogP contribution is 2.14. The van der Waals surface area contributed by atoms with E-state index in [9.17, 15) is 20.2 Å². The SMILES string of the molecule is CCOC(=O)N(O)C[C@H]1N[C@@H](C)[C@@H](O)[C@@H]1O. The number of amides is 1. The van der Waals surface area contributed by atoms with Crippen molar-refractivity contribution in [2.75, 3.05) is 13.2 Å². The minimum atomic E-state index is -1.01. The van der Waals surface area contributed by atoms with Crippen molar-refractivity contribution < 1.29 is 25.0 Å². The summed E-state index contributed by atoms with van der Waals surface area (Å²) in [4.78, 5) is 11.1. The van der Waals surface area contributed by atoms with Gasteiger partial charge >= 0.3 is 6.09 Å². The van der Waals surface area contributed by atoms with Crippen molar-refractivity contribution in [3.05, 3.63) is 0 Å². The highest BCUT2D eigenvalue weighted by Gasteiger charge is 2.39. The summed E-state index contributed by atoms with van der Waals surface area (Å²) in [5.41, 5.74) is 0. The summed E-state index contributed by atoms with van der Waals surface area (Å²) in [5.74, 6) is 0. The van der Waals surface area contributed by atoms with Gasteiger partial charge in [0.25, 0.3) is 0 Å². The van der Waals surface area contributed by atoms with Crippen molar-refractivity contribution in [2.45, 2.75) is 38.1 Å². The summed E-state index contributed by atoms with van der Waals surface area (Å²) in [7, 11) is 0. The number of rotatable bonds is 3. The molecule has 1 fully saturated rings. The molecule has 0 aromatic carbocycles. The molecule has 0 aromatic heterocycles. The minimum absolute atomic E-state index is 0.137. The van der Waals surface area contributed by atoms with Gasteiger partial charge in [-0.05, 0) is 13.8 Å². The Kier molecular flexibility index (Phi) is 4.48. The second kappa shape index (κ2) is 5.44. The van der Waals surface area contributed by atoms with Gasteiger partial charge in [0, 0.05) is 6.04 Å². The number of carbonyl (C=O) groups is 1. The predicted octanol–water partition coefficient (Wildman–Crippen LogP) is -1.08. The molecule has 7 heteroatoms. The van der Waals surface area contributed by atoms with Crippen LogP contribution in [0.25, 0.3) is 0 Å². The second-order valence-corrected chi connectivity index (χ2v) is 3.82. The Balaban J connectivity index is 2.46. The molecular formula is C9H18N2O5. The third-order valence-corrected chi connectivity index (χ3v) is 2.60. The fourth-order valence-corrected chi connectivity index (χ4v) is 1.69. The number of carbonyl (C=O) groups excluding carboxylic acids is 1. The van der Waals surface area contributed by atoms with Crippen LogP contribution in [0, 0.1) is 0 Å². The third-order valence-electron chi connectivity index (χ3n) is 2.60. The molecule has 0 aliphatic carbocycles. The van der Waals surface area contributed by atoms with E-state index in [-0.39, 0.29) is 19.2 Å². The number of nitrogens with one attached hydrogen (secondary N) is 1. The van der Waals surface area contributed by atoms with Gasteiger partial charge in [0.2, 0.25) is 0 Å². The Morgan fingerprint density at radius 3 is 2.50 bits per heavy atom. The zero-order valence-corrected chi connectivity index (χ0v) is 9.33. The van der Waals surface area contributed by atoms with Crippen LogP contribution in [0.1, 0.15) is 13.8 Å². The number of ether oxygens (including phenoxy) is 1. The molecule has 0 aromatic rings. The zero-order chi connectivity index (χ0) is 12.3. The maximum Gasteiger partial charge on any atom is 0.433 e. The first kappa shape index (κ1) is 13.2. The Bertz CT molecular complexity index is 250. The van der Waals surface area contributed by atoms with E-state index in [2.05, 4.69) is 10.1 Å². The molecule has 1 rings (SSSR count). The summed E-state index contributed by atoms with van der Waals surface area (Å²) in [6, 6.07) is -0.852. The van der Waals surface area contributed by atoms with Crippen LogP contribution in [0.5, 0.6) is 0 Å². The van der Waals surface area contributed by atoms with Gasteiger partial charge in [-0.25, -0.2) is 4.79 Å². The predicted molar refractivity (Wildman–Crippen MR) is 53.9 cm³/mol. The molecule has 0 saturated carbocycles. The Labute approximate surface area is 93.6 Å². The van der Waals surface area contributed by atoms with Crippen LogP contribution < -0.4 is 5.32 Å². The average Bonchev–Trinajstić information content (AvgIpc) is 2.47. The van der Waals surface area contributed by atoms with Gasteiger partial charge < -0.3 is 20.3 Å². The van der Waals surface area contributed by atoms with Crippen LogP contribution in [0.3, 0.4) is 0 Å². The number of hydrogen-bond acceptors (Lipinski definition) is 6. The molecule has 94 valence electrons. The van der Waals surface area contributed by atoms with Crippen molar-refractivity contribution in [2.24, 2.45) is 0 Å². The van der Waals surface area contributed by atoms with E-state index in [1.807, 2.05) is 0 Å². The molecule has 0 spiro atoms. The van der Waals surface area contributed by atoms with Crippen molar-refractivity contribution >= 4 is 6.09 Å². The highest BCUT2D eigenvalue weighted by molar-refractivity contribution is 5.66. The van der Waals surface area contributed by atoms with Crippen molar-refractivity contribution in [1.29, 1.82) is 0 Å². The molecule has 4 atom stereocenters. The van der Waals surface area contributed by atoms with E-state index in [0.717, 1.165) is 0 Å². The molecule has 16 heavy (non-hydrogen) atoms. The fourth-order valence-electron chi connectivity index (χ4n) is 1.69. The topological polar surface area (TPSA) is 102 Å². The third kappa shape index (κ3) is 2.82. The molecule has 1 saturated heterocycles. The van der Waals surface area contributed by atoms with Gasteiger partial charge in [0.15, 0.2) is 0 Å². The lowest BCUT2D eigenvalue weighted by molar-refractivity contribution is -0.0859. The fraction of sp³-hybridized carbons (Fsp3) is 0.889. The van der Waals surface area contributed by atoms with E-state index in [1.165, 1.54) is 0 Å².